The van der Waals surface area contributed by atoms with Crippen LogP contribution >= 0.6 is 0 Å². The molecule has 2 rings (SSSR count). The Kier molecular flexibility index (Phi) is 3.85. The van der Waals surface area contributed by atoms with Gasteiger partial charge in [-0.2, -0.15) is 0 Å². The zero-order valence-corrected chi connectivity index (χ0v) is 12.2. The van der Waals surface area contributed by atoms with Crippen molar-refractivity contribution in [2.24, 2.45) is 5.92 Å². The molecule has 0 radical (unpaired) electrons. The van der Waals surface area contributed by atoms with E-state index in [9.17, 15) is 9.59 Å². The molecule has 0 saturated carbocycles. The maximum absolute atomic E-state index is 12.7. The number of nitrogens with zero attached hydrogens (tertiary/aromatic N) is 1. The lowest BCUT2D eigenvalue weighted by molar-refractivity contribution is -0.141. The van der Waals surface area contributed by atoms with Crippen molar-refractivity contribution in [2.75, 3.05) is 13.2 Å². The van der Waals surface area contributed by atoms with Crippen molar-refractivity contribution in [2.45, 2.75) is 58.2 Å². The Balaban J connectivity index is 2.28. The molecule has 5 nitrogen and oxygen atoms in total. The van der Waals surface area contributed by atoms with Gasteiger partial charge in [0.2, 0.25) is 11.8 Å². The molecule has 0 aromatic heterocycles. The molecule has 0 aromatic rings. The van der Waals surface area contributed by atoms with Crippen molar-refractivity contribution >= 4 is 11.8 Å². The first kappa shape index (κ1) is 14.3. The molecule has 19 heavy (non-hydrogen) atoms. The van der Waals surface area contributed by atoms with Crippen LogP contribution in [-0.2, 0) is 14.3 Å². The smallest absolute Gasteiger partial charge is 0.245 e. The second-order valence-electron chi connectivity index (χ2n) is 6.15. The third kappa shape index (κ3) is 2.48. The quantitative estimate of drug-likeness (QED) is 0.810. The van der Waals surface area contributed by atoms with Crippen molar-refractivity contribution in [3.05, 3.63) is 0 Å². The fraction of sp³-hybridized carbons (Fsp3) is 0.857. The van der Waals surface area contributed by atoms with Gasteiger partial charge in [-0.1, -0.05) is 13.8 Å². The van der Waals surface area contributed by atoms with Crippen LogP contribution < -0.4 is 5.32 Å². The topological polar surface area (TPSA) is 58.6 Å². The summed E-state index contributed by atoms with van der Waals surface area (Å²) in [6.07, 6.45) is 1.22. The molecule has 5 heteroatoms. The van der Waals surface area contributed by atoms with Crippen LogP contribution in [0.15, 0.2) is 0 Å². The van der Waals surface area contributed by atoms with Crippen LogP contribution in [0.3, 0.4) is 0 Å². The van der Waals surface area contributed by atoms with Gasteiger partial charge in [-0.15, -0.1) is 0 Å². The van der Waals surface area contributed by atoms with E-state index in [0.717, 1.165) is 6.42 Å². The van der Waals surface area contributed by atoms with Crippen LogP contribution in [0.4, 0.5) is 0 Å². The Morgan fingerprint density at radius 3 is 2.63 bits per heavy atom. The third-order valence-corrected chi connectivity index (χ3v) is 4.55. The number of carbonyl (C=O) groups is 2. The number of hydrogen-bond donors (Lipinski definition) is 1. The minimum Gasteiger partial charge on any atom is -0.376 e. The molecule has 0 aromatic carbocycles. The maximum Gasteiger partial charge on any atom is 0.245 e. The van der Waals surface area contributed by atoms with Gasteiger partial charge in [-0.25, -0.2) is 0 Å². The van der Waals surface area contributed by atoms with E-state index in [1.807, 2.05) is 25.7 Å². The van der Waals surface area contributed by atoms with E-state index < -0.39 is 6.04 Å². The third-order valence-electron chi connectivity index (χ3n) is 4.55. The van der Waals surface area contributed by atoms with Gasteiger partial charge >= 0.3 is 0 Å². The van der Waals surface area contributed by atoms with Crippen LogP contribution in [0.25, 0.3) is 0 Å². The highest BCUT2D eigenvalue weighted by Crippen LogP contribution is 2.33. The van der Waals surface area contributed by atoms with Crippen molar-refractivity contribution in [3.63, 3.8) is 0 Å². The van der Waals surface area contributed by atoms with Crippen LogP contribution in [0, 0.1) is 5.92 Å². The number of hydrogen-bond acceptors (Lipinski definition) is 3. The Labute approximate surface area is 114 Å². The monoisotopic (exact) mass is 268 g/mol. The molecular weight excluding hydrogens is 244 g/mol. The second-order valence-corrected chi connectivity index (χ2v) is 6.15. The summed E-state index contributed by atoms with van der Waals surface area (Å²) in [5, 5.41) is 2.84. The lowest BCUT2D eigenvalue weighted by atomic mass is 9.90. The average molecular weight is 268 g/mol. The van der Waals surface area contributed by atoms with Crippen LogP contribution in [0.1, 0.15) is 40.5 Å². The van der Waals surface area contributed by atoms with Crippen molar-refractivity contribution in [3.8, 4) is 0 Å². The Bertz CT molecular complexity index is 383. The molecule has 108 valence electrons. The standard InChI is InChI=1S/C14H24N2O3/c1-9(2)12-13(18)16(7-5-11(17)15-12)14(4)6-8-19-10(14)3/h9-10,12H,5-8H2,1-4H3,(H,15,17). The van der Waals surface area contributed by atoms with E-state index >= 15 is 0 Å². The molecular formula is C14H24N2O3. The highest BCUT2D eigenvalue weighted by Gasteiger charge is 2.47. The highest BCUT2D eigenvalue weighted by molar-refractivity contribution is 5.90. The van der Waals surface area contributed by atoms with E-state index in [0.29, 0.717) is 19.6 Å². The largest absolute Gasteiger partial charge is 0.376 e. The zero-order valence-electron chi connectivity index (χ0n) is 12.2. The molecule has 0 spiro atoms. The molecule has 0 bridgehead atoms. The molecule has 3 atom stereocenters. The van der Waals surface area contributed by atoms with Crippen LogP contribution in [0.2, 0.25) is 0 Å². The predicted molar refractivity (Wildman–Crippen MR) is 71.5 cm³/mol. The normalized spacial score (nSPS) is 36.6. The Morgan fingerprint density at radius 2 is 2.11 bits per heavy atom. The van der Waals surface area contributed by atoms with Crippen molar-refractivity contribution in [1.82, 2.24) is 10.2 Å². The number of amides is 2. The van der Waals surface area contributed by atoms with E-state index in [1.165, 1.54) is 0 Å². The average Bonchev–Trinajstić information content (AvgIpc) is 2.57. The highest BCUT2D eigenvalue weighted by atomic mass is 16.5. The predicted octanol–water partition coefficient (Wildman–Crippen LogP) is 0.927. The fourth-order valence-corrected chi connectivity index (χ4v) is 2.94. The Morgan fingerprint density at radius 1 is 1.42 bits per heavy atom. The van der Waals surface area contributed by atoms with E-state index in [4.69, 9.17) is 4.74 Å². The lowest BCUT2D eigenvalue weighted by Crippen LogP contribution is -2.58. The summed E-state index contributed by atoms with van der Waals surface area (Å²) in [5.74, 6) is 0.0868. The van der Waals surface area contributed by atoms with Gasteiger partial charge in [0.15, 0.2) is 0 Å². The van der Waals surface area contributed by atoms with Gasteiger partial charge in [-0.3, -0.25) is 9.59 Å². The summed E-state index contributed by atoms with van der Waals surface area (Å²) in [6, 6.07) is -0.417. The molecule has 2 heterocycles. The van der Waals surface area contributed by atoms with Gasteiger partial charge in [0.05, 0.1) is 11.6 Å². The van der Waals surface area contributed by atoms with Gasteiger partial charge in [0.25, 0.3) is 0 Å². The van der Waals surface area contributed by atoms with Crippen LogP contribution in [-0.4, -0.2) is 47.6 Å². The summed E-state index contributed by atoms with van der Waals surface area (Å²) in [6.45, 7) is 9.15. The van der Waals surface area contributed by atoms with Gasteiger partial charge in [-0.05, 0) is 26.2 Å². The van der Waals surface area contributed by atoms with Crippen molar-refractivity contribution in [1.29, 1.82) is 0 Å². The summed E-state index contributed by atoms with van der Waals surface area (Å²) in [7, 11) is 0. The molecule has 2 aliphatic rings. The summed E-state index contributed by atoms with van der Waals surface area (Å²) >= 11 is 0. The van der Waals surface area contributed by atoms with E-state index in [-0.39, 0.29) is 29.4 Å². The number of rotatable bonds is 2. The van der Waals surface area contributed by atoms with Gasteiger partial charge in [0, 0.05) is 19.6 Å². The number of carbonyl (C=O) groups excluding carboxylic acids is 2. The molecule has 1 N–H and O–H groups in total. The minimum atomic E-state index is -0.417. The van der Waals surface area contributed by atoms with E-state index in [1.54, 1.807) is 0 Å². The summed E-state index contributed by atoms with van der Waals surface area (Å²) in [4.78, 5) is 26.4. The van der Waals surface area contributed by atoms with Crippen LogP contribution in [0.5, 0.6) is 0 Å². The number of ether oxygens (including phenoxy) is 1. The first-order valence-corrected chi connectivity index (χ1v) is 7.08. The minimum absolute atomic E-state index is 0.0115. The zero-order chi connectivity index (χ0) is 14.2. The lowest BCUT2D eigenvalue weighted by Gasteiger charge is -2.41. The summed E-state index contributed by atoms with van der Waals surface area (Å²) < 4.78 is 5.63. The molecule has 0 aliphatic carbocycles. The number of nitrogens with one attached hydrogen (secondary N) is 1. The molecule has 2 aliphatic heterocycles. The first-order valence-electron chi connectivity index (χ1n) is 7.08. The molecule has 3 unspecified atom stereocenters. The van der Waals surface area contributed by atoms with E-state index in [2.05, 4.69) is 12.2 Å². The Hall–Kier alpha value is -1.10. The molecule has 2 amide bonds. The summed E-state index contributed by atoms with van der Waals surface area (Å²) in [5.41, 5.74) is -0.295. The first-order chi connectivity index (χ1) is 8.86. The fourth-order valence-electron chi connectivity index (χ4n) is 2.94. The SMILES string of the molecule is CC(C)C1NC(=O)CCN(C2(C)CCOC2C)C1=O. The van der Waals surface area contributed by atoms with Gasteiger partial charge < -0.3 is 15.0 Å². The van der Waals surface area contributed by atoms with Gasteiger partial charge in [0.1, 0.15) is 6.04 Å². The molecule has 2 saturated heterocycles. The molecule has 2 fully saturated rings. The second kappa shape index (κ2) is 5.12. The van der Waals surface area contributed by atoms with Crippen molar-refractivity contribution < 1.29 is 14.3 Å². The maximum atomic E-state index is 12.7.